The van der Waals surface area contributed by atoms with Crippen molar-refractivity contribution in [2.45, 2.75) is 104 Å². The van der Waals surface area contributed by atoms with E-state index in [0.717, 1.165) is 43.9 Å². The van der Waals surface area contributed by atoms with Gasteiger partial charge in [-0.2, -0.15) is 0 Å². The molecule has 6 bridgehead atoms. The van der Waals surface area contributed by atoms with Crippen LogP contribution >= 0.6 is 0 Å². The number of cyclic esters (lactones) is 1. The van der Waals surface area contributed by atoms with Crippen molar-refractivity contribution in [2.24, 2.45) is 11.3 Å². The molecule has 0 radical (unpaired) electrons. The van der Waals surface area contributed by atoms with E-state index in [1.165, 1.54) is 21.9 Å². The fourth-order valence-corrected chi connectivity index (χ4v) is 10.1. The smallest absolute Gasteiger partial charge is 0.324 e. The number of phenols is 1. The van der Waals surface area contributed by atoms with Crippen molar-refractivity contribution in [3.63, 3.8) is 0 Å². The zero-order chi connectivity index (χ0) is 49.5. The van der Waals surface area contributed by atoms with Gasteiger partial charge in [0.05, 0.1) is 30.1 Å². The van der Waals surface area contributed by atoms with E-state index in [0.29, 0.717) is 43.5 Å². The van der Waals surface area contributed by atoms with Crippen LogP contribution in [0.1, 0.15) is 77.3 Å². The first-order valence-corrected chi connectivity index (χ1v) is 24.0. The third-order valence-corrected chi connectivity index (χ3v) is 13.8. The van der Waals surface area contributed by atoms with Gasteiger partial charge in [0.2, 0.25) is 17.7 Å². The molecular weight excluding hydrogens is 883 g/mol. The number of rotatable bonds is 9. The number of esters is 1. The number of urea groups is 1. The van der Waals surface area contributed by atoms with Crippen LogP contribution in [-0.4, -0.2) is 148 Å². The maximum absolute atomic E-state index is 14.8. The average molecular weight is 948 g/mol. The predicted octanol–water partition coefficient (Wildman–Crippen LogP) is 4.17. The standard InChI is InChI=1S/C51H65N9O9/c1-9-58-41-15-14-32-24-36(41)37(45(58)35-12-10-16-52-43(35)30(4)68-8)25-51(5,6)28-69-49(66)38-13-11-17-60(55-38)48(65)39(22-31-20-33(32)23-34(61)21-31)54-46(63)44(29(2)3)56(7)50(67)57-18-19-59(42(62)27-57)47(64)40-26-53-40/h10,12,14-16,20-21,23-24,29-30,38-40,44,53,55,61H,9,11,13,17-19,22,25-28H2,1-8H3,(H,54,63)/t30-,38-,39-,40-,44-/m0/s1. The summed E-state index contributed by atoms with van der Waals surface area (Å²) in [6.07, 6.45) is 2.84. The molecule has 0 saturated carbocycles. The van der Waals surface area contributed by atoms with Gasteiger partial charge in [0.1, 0.15) is 30.4 Å². The number of hydrazine groups is 1. The van der Waals surface area contributed by atoms with Crippen LogP contribution in [0, 0.1) is 11.3 Å². The first-order chi connectivity index (χ1) is 32.9. The number of carbonyl (C=O) groups is 6. The van der Waals surface area contributed by atoms with E-state index in [4.69, 9.17) is 14.5 Å². The Morgan fingerprint density at radius 2 is 1.81 bits per heavy atom. The Bertz CT molecular complexity index is 2660. The first kappa shape index (κ1) is 49.1. The number of aromatic nitrogens is 2. The quantitative estimate of drug-likeness (QED) is 0.106. The average Bonchev–Trinajstić information content (AvgIpc) is 4.14. The Morgan fingerprint density at radius 3 is 2.51 bits per heavy atom. The normalized spacial score (nSPS) is 21.7. The number of ether oxygens (including phenoxy) is 2. The Balaban J connectivity index is 1.16. The number of pyridine rings is 1. The summed E-state index contributed by atoms with van der Waals surface area (Å²) < 4.78 is 14.2. The lowest BCUT2D eigenvalue weighted by atomic mass is 9.84. The van der Waals surface area contributed by atoms with Gasteiger partial charge in [-0.1, -0.05) is 39.8 Å². The highest BCUT2D eigenvalue weighted by atomic mass is 16.5. The van der Waals surface area contributed by atoms with Crippen LogP contribution in [0.5, 0.6) is 5.75 Å². The maximum Gasteiger partial charge on any atom is 0.324 e. The summed E-state index contributed by atoms with van der Waals surface area (Å²) in [4.78, 5) is 91.5. The molecule has 4 aromatic rings. The van der Waals surface area contributed by atoms with E-state index in [-0.39, 0.29) is 63.0 Å². The summed E-state index contributed by atoms with van der Waals surface area (Å²) in [5.41, 5.74) is 9.35. The molecule has 5 atom stereocenters. The summed E-state index contributed by atoms with van der Waals surface area (Å²) in [6, 6.07) is 11.2. The fourth-order valence-electron chi connectivity index (χ4n) is 10.1. The molecule has 18 heteroatoms. The lowest BCUT2D eigenvalue weighted by Gasteiger charge is -2.39. The molecule has 18 nitrogen and oxygen atoms in total. The number of benzene rings is 2. The maximum atomic E-state index is 14.8. The molecule has 2 aromatic heterocycles. The Morgan fingerprint density at radius 1 is 1.04 bits per heavy atom. The third kappa shape index (κ3) is 10.2. The lowest BCUT2D eigenvalue weighted by Crippen LogP contribution is -2.63. The van der Waals surface area contributed by atoms with Crippen LogP contribution < -0.4 is 16.1 Å². The van der Waals surface area contributed by atoms with Gasteiger partial charge in [0.25, 0.3) is 5.91 Å². The second-order valence-electron chi connectivity index (χ2n) is 19.9. The zero-order valence-corrected chi connectivity index (χ0v) is 40.8. The van der Waals surface area contributed by atoms with Gasteiger partial charge in [-0.05, 0) is 97.7 Å². The minimum Gasteiger partial charge on any atom is -0.508 e. The first-order valence-electron chi connectivity index (χ1n) is 24.0. The third-order valence-electron chi connectivity index (χ3n) is 13.8. The Kier molecular flexibility index (Phi) is 14.2. The van der Waals surface area contributed by atoms with E-state index in [1.807, 2.05) is 25.1 Å². The number of aromatic hydroxyl groups is 1. The van der Waals surface area contributed by atoms with Crippen molar-refractivity contribution in [3.8, 4) is 28.1 Å². The largest absolute Gasteiger partial charge is 0.508 e. The van der Waals surface area contributed by atoms with Crippen LogP contribution in [0.3, 0.4) is 0 Å². The van der Waals surface area contributed by atoms with E-state index >= 15 is 0 Å². The van der Waals surface area contributed by atoms with Crippen molar-refractivity contribution in [1.29, 1.82) is 0 Å². The van der Waals surface area contributed by atoms with Crippen molar-refractivity contribution < 1.29 is 43.3 Å². The zero-order valence-electron chi connectivity index (χ0n) is 40.8. The molecule has 8 rings (SSSR count). The number of phenolic OH excluding ortho intramolecular Hbond substituents is 1. The molecule has 3 saturated heterocycles. The number of fused-ring (bicyclic) bond motifs is 6. The summed E-state index contributed by atoms with van der Waals surface area (Å²) in [7, 11) is 3.14. The number of carbonyl (C=O) groups excluding carboxylic acids is 6. The molecule has 0 spiro atoms. The molecule has 2 aromatic carbocycles. The van der Waals surface area contributed by atoms with Gasteiger partial charge in [0.15, 0.2) is 0 Å². The second-order valence-corrected chi connectivity index (χ2v) is 19.9. The van der Waals surface area contributed by atoms with E-state index < -0.39 is 59.2 Å². The number of amides is 6. The number of hydrogen-bond acceptors (Lipinski definition) is 12. The number of nitrogens with one attached hydrogen (secondary N) is 3. The Labute approximate surface area is 402 Å². The number of piperazine rings is 1. The van der Waals surface area contributed by atoms with Crippen molar-refractivity contribution in [1.82, 2.24) is 45.3 Å². The van der Waals surface area contributed by atoms with Gasteiger partial charge >= 0.3 is 12.0 Å². The monoisotopic (exact) mass is 947 g/mol. The number of nitrogens with zero attached hydrogens (tertiary/aromatic N) is 6. The number of imide groups is 1. The topological polar surface area (TPSA) is 218 Å². The molecule has 0 unspecified atom stereocenters. The van der Waals surface area contributed by atoms with E-state index in [2.05, 4.69) is 59.6 Å². The molecule has 0 aliphatic carbocycles. The molecule has 4 N–H and O–H groups in total. The summed E-state index contributed by atoms with van der Waals surface area (Å²) in [5, 5.41) is 19.5. The van der Waals surface area contributed by atoms with E-state index in [9.17, 15) is 33.9 Å². The van der Waals surface area contributed by atoms with Crippen molar-refractivity contribution in [3.05, 3.63) is 71.5 Å². The molecular formula is C51H65N9O9. The molecule has 4 aliphatic rings. The summed E-state index contributed by atoms with van der Waals surface area (Å²) in [5.74, 6) is -2.92. The fraction of sp³-hybridized carbons (Fsp3) is 0.510. The molecule has 3 fully saturated rings. The molecule has 6 heterocycles. The minimum atomic E-state index is -1.22. The second kappa shape index (κ2) is 19.9. The lowest BCUT2D eigenvalue weighted by molar-refractivity contribution is -0.155. The highest BCUT2D eigenvalue weighted by Gasteiger charge is 2.42. The van der Waals surface area contributed by atoms with Crippen LogP contribution in [-0.2, 0) is 52.8 Å². The van der Waals surface area contributed by atoms with Gasteiger partial charge in [-0.15, -0.1) is 0 Å². The molecule has 6 amide bonds. The van der Waals surface area contributed by atoms with Crippen molar-refractivity contribution >= 4 is 46.5 Å². The minimum absolute atomic E-state index is 0.0353. The van der Waals surface area contributed by atoms with Gasteiger partial charge in [-0.25, -0.2) is 10.2 Å². The molecule has 4 aliphatic heterocycles. The van der Waals surface area contributed by atoms with Gasteiger partial charge < -0.3 is 39.6 Å². The van der Waals surface area contributed by atoms with Gasteiger partial charge in [-0.3, -0.25) is 38.9 Å². The molecule has 69 heavy (non-hydrogen) atoms. The van der Waals surface area contributed by atoms with Crippen LogP contribution in [0.25, 0.3) is 33.3 Å². The Hall–Kier alpha value is -6.37. The number of hydrogen-bond donors (Lipinski definition) is 4. The van der Waals surface area contributed by atoms with Crippen LogP contribution in [0.4, 0.5) is 4.79 Å². The SMILES string of the molecule is CCn1c(-c2cccnc2[C@H](C)OC)c2c3cc(ccc31)-c1cc(O)cc(c1)C[C@H](NC(=O)[C@H](C(C)C)N(C)C(=O)N1CCN(C(=O)[C@@H]3CN3)C(=O)C1)C(=O)N1CCC[C@H](N1)C(=O)OCC(C)(C)C2. The molecule has 368 valence electrons. The summed E-state index contributed by atoms with van der Waals surface area (Å²) in [6.45, 7) is 13.1. The highest BCUT2D eigenvalue weighted by Crippen LogP contribution is 2.42. The number of methoxy groups -OCH3 is 1. The van der Waals surface area contributed by atoms with Gasteiger partial charge in [0, 0.05) is 81.4 Å². The summed E-state index contributed by atoms with van der Waals surface area (Å²) >= 11 is 0. The number of likely N-dealkylation sites (N-methyl/N-ethyl adjacent to an activating group) is 1. The number of aryl methyl sites for hydroxylation is 1. The van der Waals surface area contributed by atoms with Crippen LogP contribution in [0.2, 0.25) is 0 Å². The van der Waals surface area contributed by atoms with Crippen molar-refractivity contribution in [2.75, 3.05) is 53.5 Å². The highest BCUT2D eigenvalue weighted by molar-refractivity contribution is 6.02. The van der Waals surface area contributed by atoms with E-state index in [1.54, 1.807) is 39.3 Å². The van der Waals surface area contributed by atoms with Crippen LogP contribution in [0.15, 0.2) is 54.7 Å². The predicted molar refractivity (Wildman–Crippen MR) is 257 cm³/mol.